The van der Waals surface area contributed by atoms with E-state index in [-0.39, 0.29) is 24.9 Å². The second kappa shape index (κ2) is 9.58. The van der Waals surface area contributed by atoms with Gasteiger partial charge in [0.25, 0.3) is 5.91 Å². The van der Waals surface area contributed by atoms with Gasteiger partial charge in [0, 0.05) is 23.4 Å². The summed E-state index contributed by atoms with van der Waals surface area (Å²) in [7, 11) is 1.60. The zero-order valence-corrected chi connectivity index (χ0v) is 21.5. The largest absolute Gasteiger partial charge is 0.496 e. The van der Waals surface area contributed by atoms with Gasteiger partial charge in [0.05, 0.1) is 19.3 Å². The van der Waals surface area contributed by atoms with Crippen molar-refractivity contribution < 1.29 is 14.3 Å². The van der Waals surface area contributed by atoms with E-state index in [2.05, 4.69) is 5.32 Å². The predicted octanol–water partition coefficient (Wildman–Crippen LogP) is 4.91. The van der Waals surface area contributed by atoms with E-state index in [0.717, 1.165) is 22.3 Å². The summed E-state index contributed by atoms with van der Waals surface area (Å²) in [6, 6.07) is 24.9. The molecule has 3 aromatic carbocycles. The summed E-state index contributed by atoms with van der Waals surface area (Å²) in [5, 5.41) is 7.77. The number of methoxy groups -OCH3 is 1. The number of fused-ring (bicyclic) bond motifs is 1. The molecule has 2 heterocycles. The van der Waals surface area contributed by atoms with Gasteiger partial charge in [0.1, 0.15) is 17.0 Å². The lowest BCUT2D eigenvalue weighted by Crippen LogP contribution is -2.64. The van der Waals surface area contributed by atoms with Crippen LogP contribution in [0, 0.1) is 13.8 Å². The third-order valence-electron chi connectivity index (χ3n) is 7.09. The van der Waals surface area contributed by atoms with Crippen molar-refractivity contribution >= 4 is 17.5 Å². The van der Waals surface area contributed by atoms with Gasteiger partial charge in [0.15, 0.2) is 0 Å². The summed E-state index contributed by atoms with van der Waals surface area (Å²) >= 11 is 0. The van der Waals surface area contributed by atoms with Crippen LogP contribution < -0.4 is 15.0 Å². The number of nitrogens with one attached hydrogen (secondary N) is 1. The number of hydrogen-bond donors (Lipinski definition) is 1. The van der Waals surface area contributed by atoms with E-state index in [4.69, 9.17) is 9.84 Å². The molecule has 0 fully saturated rings. The number of para-hydroxylation sites is 1. The maximum atomic E-state index is 14.0. The fourth-order valence-electron chi connectivity index (χ4n) is 4.82. The van der Waals surface area contributed by atoms with E-state index < -0.39 is 5.54 Å². The first-order chi connectivity index (χ1) is 17.8. The summed E-state index contributed by atoms with van der Waals surface area (Å²) in [6.45, 7) is 6.31. The Morgan fingerprint density at radius 2 is 1.73 bits per heavy atom. The van der Waals surface area contributed by atoms with Crippen LogP contribution in [0.1, 0.15) is 34.1 Å². The van der Waals surface area contributed by atoms with Gasteiger partial charge < -0.3 is 10.1 Å². The summed E-state index contributed by atoms with van der Waals surface area (Å²) in [5.41, 5.74) is 4.54. The number of aromatic nitrogens is 2. The molecular formula is C30H30N4O3. The minimum Gasteiger partial charge on any atom is -0.496 e. The van der Waals surface area contributed by atoms with Crippen molar-refractivity contribution in [3.05, 3.63) is 101 Å². The third-order valence-corrected chi connectivity index (χ3v) is 7.09. The van der Waals surface area contributed by atoms with Crippen LogP contribution in [0.15, 0.2) is 78.9 Å². The Morgan fingerprint density at radius 3 is 2.46 bits per heavy atom. The molecule has 1 aliphatic rings. The number of anilines is 1. The van der Waals surface area contributed by atoms with Crippen molar-refractivity contribution in [2.45, 2.75) is 39.4 Å². The highest BCUT2D eigenvalue weighted by atomic mass is 16.5. The standard InChI is InChI=1S/C30H30N4O3/c1-20-14-15-24(16-21(20)2)34-28(35)26-17-25(22-10-6-5-7-11-22)32-33(26)19-30(34,3)29(36)31-18-23-12-8-9-13-27(23)37-4/h5-17H,18-19H2,1-4H3,(H,31,36)/t30-/m0/s1. The van der Waals surface area contributed by atoms with E-state index in [1.54, 1.807) is 29.7 Å². The fraction of sp³-hybridized carbons (Fsp3) is 0.233. The van der Waals surface area contributed by atoms with Gasteiger partial charge in [-0.15, -0.1) is 0 Å². The number of carbonyl (C=O) groups is 2. The minimum absolute atomic E-state index is 0.214. The number of aryl methyl sites for hydroxylation is 2. The monoisotopic (exact) mass is 494 g/mol. The smallest absolute Gasteiger partial charge is 0.277 e. The van der Waals surface area contributed by atoms with Gasteiger partial charge >= 0.3 is 0 Å². The fourth-order valence-corrected chi connectivity index (χ4v) is 4.82. The lowest BCUT2D eigenvalue weighted by molar-refractivity contribution is -0.126. The topological polar surface area (TPSA) is 76.5 Å². The average Bonchev–Trinajstić information content (AvgIpc) is 3.34. The van der Waals surface area contributed by atoms with Gasteiger partial charge in [-0.1, -0.05) is 54.6 Å². The summed E-state index contributed by atoms with van der Waals surface area (Å²) < 4.78 is 7.10. The van der Waals surface area contributed by atoms with E-state index in [9.17, 15) is 9.59 Å². The lowest BCUT2D eigenvalue weighted by atomic mass is 9.93. The molecule has 1 atom stereocenters. The first-order valence-electron chi connectivity index (χ1n) is 12.3. The molecule has 0 bridgehead atoms. The number of nitrogens with zero attached hydrogens (tertiary/aromatic N) is 3. The Hall–Kier alpha value is -4.39. The number of amides is 2. The van der Waals surface area contributed by atoms with Crippen LogP contribution in [-0.4, -0.2) is 34.2 Å². The van der Waals surface area contributed by atoms with E-state index in [1.165, 1.54) is 0 Å². The molecule has 2 amide bonds. The lowest BCUT2D eigenvalue weighted by Gasteiger charge is -2.43. The Morgan fingerprint density at radius 1 is 1.00 bits per heavy atom. The maximum absolute atomic E-state index is 14.0. The Kier molecular flexibility index (Phi) is 6.29. The van der Waals surface area contributed by atoms with Crippen LogP contribution in [-0.2, 0) is 17.9 Å². The number of ether oxygens (including phenoxy) is 1. The van der Waals surface area contributed by atoms with E-state index >= 15 is 0 Å². The van der Waals surface area contributed by atoms with Crippen molar-refractivity contribution in [1.29, 1.82) is 0 Å². The van der Waals surface area contributed by atoms with Gasteiger partial charge in [-0.2, -0.15) is 5.10 Å². The Labute approximate surface area is 216 Å². The van der Waals surface area contributed by atoms with Crippen LogP contribution in [0.2, 0.25) is 0 Å². The summed E-state index contributed by atoms with van der Waals surface area (Å²) in [6.07, 6.45) is 0. The van der Waals surface area contributed by atoms with Gasteiger partial charge in [-0.3, -0.25) is 19.2 Å². The van der Waals surface area contributed by atoms with Crippen LogP contribution in [0.5, 0.6) is 5.75 Å². The first-order valence-corrected chi connectivity index (χ1v) is 12.3. The molecule has 37 heavy (non-hydrogen) atoms. The molecule has 0 aliphatic carbocycles. The summed E-state index contributed by atoms with van der Waals surface area (Å²) in [4.78, 5) is 29.5. The van der Waals surface area contributed by atoms with E-state index in [1.807, 2.05) is 86.6 Å². The van der Waals surface area contributed by atoms with Crippen LogP contribution >= 0.6 is 0 Å². The number of carbonyl (C=O) groups excluding carboxylic acids is 2. The van der Waals surface area contributed by atoms with Crippen molar-refractivity contribution in [1.82, 2.24) is 15.1 Å². The molecule has 4 aromatic rings. The molecule has 5 rings (SSSR count). The van der Waals surface area contributed by atoms with Crippen molar-refractivity contribution in [2.75, 3.05) is 12.0 Å². The third kappa shape index (κ3) is 4.37. The van der Waals surface area contributed by atoms with Crippen LogP contribution in [0.3, 0.4) is 0 Å². The van der Waals surface area contributed by atoms with Crippen molar-refractivity contribution in [3.63, 3.8) is 0 Å². The molecule has 188 valence electrons. The van der Waals surface area contributed by atoms with Crippen LogP contribution in [0.25, 0.3) is 11.3 Å². The van der Waals surface area contributed by atoms with Crippen molar-refractivity contribution in [2.24, 2.45) is 0 Å². The quantitative estimate of drug-likeness (QED) is 0.413. The van der Waals surface area contributed by atoms with Crippen LogP contribution in [0.4, 0.5) is 5.69 Å². The second-order valence-corrected chi connectivity index (χ2v) is 9.62. The molecular weight excluding hydrogens is 464 g/mol. The zero-order valence-electron chi connectivity index (χ0n) is 21.5. The SMILES string of the molecule is COc1ccccc1CNC(=O)[C@]1(C)Cn2nc(-c3ccccc3)cc2C(=O)N1c1ccc(C)c(C)c1. The Balaban J connectivity index is 1.55. The minimum atomic E-state index is -1.21. The normalized spacial score (nSPS) is 16.9. The molecule has 1 aromatic heterocycles. The molecule has 0 saturated heterocycles. The van der Waals surface area contributed by atoms with E-state index in [0.29, 0.717) is 22.8 Å². The maximum Gasteiger partial charge on any atom is 0.277 e. The highest BCUT2D eigenvalue weighted by Gasteiger charge is 2.49. The molecule has 7 nitrogen and oxygen atoms in total. The number of hydrogen-bond acceptors (Lipinski definition) is 4. The molecule has 0 spiro atoms. The molecule has 7 heteroatoms. The second-order valence-electron chi connectivity index (χ2n) is 9.62. The molecule has 0 saturated carbocycles. The average molecular weight is 495 g/mol. The summed E-state index contributed by atoms with van der Waals surface area (Å²) in [5.74, 6) is 0.159. The highest BCUT2D eigenvalue weighted by Crippen LogP contribution is 2.35. The Bertz CT molecular complexity index is 1480. The van der Waals surface area contributed by atoms with Gasteiger partial charge in [-0.05, 0) is 56.2 Å². The molecule has 0 radical (unpaired) electrons. The number of rotatable bonds is 6. The molecule has 1 N–H and O–H groups in total. The zero-order chi connectivity index (χ0) is 26.2. The van der Waals surface area contributed by atoms with Gasteiger partial charge in [-0.25, -0.2) is 0 Å². The van der Waals surface area contributed by atoms with Crippen molar-refractivity contribution in [3.8, 4) is 17.0 Å². The van der Waals surface area contributed by atoms with Gasteiger partial charge in [0.2, 0.25) is 5.91 Å². The first kappa shape index (κ1) is 24.3. The predicted molar refractivity (Wildman–Crippen MR) is 144 cm³/mol. The molecule has 1 aliphatic heterocycles. The molecule has 0 unspecified atom stereocenters. The number of benzene rings is 3. The highest BCUT2D eigenvalue weighted by molar-refractivity contribution is 6.12.